The Balaban J connectivity index is 1.90. The van der Waals surface area contributed by atoms with Crippen LogP contribution in [0.2, 0.25) is 0 Å². The molecule has 100 valence electrons. The van der Waals surface area contributed by atoms with Crippen LogP contribution in [0.25, 0.3) is 0 Å². The van der Waals surface area contributed by atoms with Crippen molar-refractivity contribution in [2.45, 2.75) is 20.3 Å². The number of benzene rings is 2. The first-order valence-electron chi connectivity index (χ1n) is 6.52. The molecule has 0 saturated carbocycles. The molecule has 0 spiro atoms. The molecule has 0 atom stereocenters. The minimum atomic E-state index is 0.691. The Labute approximate surface area is 115 Å². The minimum Gasteiger partial charge on any atom is -0.497 e. The number of aryl methyl sites for hydroxylation is 1. The quantitative estimate of drug-likeness (QED) is 0.807. The van der Waals surface area contributed by atoms with Crippen molar-refractivity contribution in [2.24, 2.45) is 0 Å². The highest BCUT2D eigenvalue weighted by molar-refractivity contribution is 5.34. The third-order valence-corrected chi connectivity index (χ3v) is 3.42. The van der Waals surface area contributed by atoms with Crippen molar-refractivity contribution in [3.05, 3.63) is 59.2 Å². The van der Waals surface area contributed by atoms with Crippen LogP contribution in [0, 0.1) is 13.8 Å². The van der Waals surface area contributed by atoms with Gasteiger partial charge in [0, 0.05) is 6.42 Å². The molecule has 0 N–H and O–H groups in total. The molecule has 0 amide bonds. The summed E-state index contributed by atoms with van der Waals surface area (Å²) < 4.78 is 10.9. The average molecular weight is 256 g/mol. The van der Waals surface area contributed by atoms with Gasteiger partial charge in [-0.05, 0) is 54.8 Å². The van der Waals surface area contributed by atoms with E-state index in [4.69, 9.17) is 9.47 Å². The lowest BCUT2D eigenvalue weighted by atomic mass is 10.0. The highest BCUT2D eigenvalue weighted by atomic mass is 16.5. The van der Waals surface area contributed by atoms with Gasteiger partial charge in [-0.15, -0.1) is 0 Å². The summed E-state index contributed by atoms with van der Waals surface area (Å²) in [4.78, 5) is 0. The van der Waals surface area contributed by atoms with E-state index in [9.17, 15) is 0 Å². The smallest absolute Gasteiger partial charge is 0.119 e. The number of ether oxygens (including phenoxy) is 2. The van der Waals surface area contributed by atoms with E-state index < -0.39 is 0 Å². The fourth-order valence-corrected chi connectivity index (χ4v) is 2.03. The molecule has 2 nitrogen and oxygen atoms in total. The number of methoxy groups -OCH3 is 1. The second-order valence-corrected chi connectivity index (χ2v) is 4.63. The summed E-state index contributed by atoms with van der Waals surface area (Å²) in [6.07, 6.45) is 0.930. The van der Waals surface area contributed by atoms with Crippen LogP contribution in [-0.2, 0) is 6.42 Å². The maximum absolute atomic E-state index is 5.75. The van der Waals surface area contributed by atoms with Gasteiger partial charge in [-0.25, -0.2) is 0 Å². The van der Waals surface area contributed by atoms with Gasteiger partial charge in [-0.1, -0.05) is 18.2 Å². The van der Waals surface area contributed by atoms with Crippen molar-refractivity contribution in [3.8, 4) is 11.5 Å². The van der Waals surface area contributed by atoms with E-state index >= 15 is 0 Å². The third kappa shape index (κ3) is 3.50. The molecule has 2 heteroatoms. The van der Waals surface area contributed by atoms with E-state index in [-0.39, 0.29) is 0 Å². The van der Waals surface area contributed by atoms with Gasteiger partial charge >= 0.3 is 0 Å². The average Bonchev–Trinajstić information content (AvgIpc) is 2.44. The summed E-state index contributed by atoms with van der Waals surface area (Å²) in [6.45, 7) is 5.00. The molecule has 0 bridgehead atoms. The largest absolute Gasteiger partial charge is 0.497 e. The van der Waals surface area contributed by atoms with Crippen molar-refractivity contribution in [3.63, 3.8) is 0 Å². The van der Waals surface area contributed by atoms with E-state index in [2.05, 4.69) is 32.0 Å². The molecule has 2 aromatic carbocycles. The summed E-state index contributed by atoms with van der Waals surface area (Å²) >= 11 is 0. The molecule has 2 rings (SSSR count). The van der Waals surface area contributed by atoms with Crippen molar-refractivity contribution in [1.82, 2.24) is 0 Å². The van der Waals surface area contributed by atoms with Crippen LogP contribution in [0.4, 0.5) is 0 Å². The van der Waals surface area contributed by atoms with Crippen LogP contribution in [0.5, 0.6) is 11.5 Å². The van der Waals surface area contributed by atoms with Gasteiger partial charge in [0.25, 0.3) is 0 Å². The Kier molecular flexibility index (Phi) is 4.45. The molecule has 0 aliphatic heterocycles. The predicted octanol–water partition coefficient (Wildman–Crippen LogP) is 3.93. The summed E-state index contributed by atoms with van der Waals surface area (Å²) in [7, 11) is 1.66. The molecule has 0 saturated heterocycles. The molecule has 0 unspecified atom stereocenters. The topological polar surface area (TPSA) is 18.5 Å². The Bertz CT molecular complexity index is 529. The van der Waals surface area contributed by atoms with Crippen molar-refractivity contribution in [1.29, 1.82) is 0 Å². The molecule has 0 heterocycles. The second-order valence-electron chi connectivity index (χ2n) is 4.63. The number of hydrogen-bond acceptors (Lipinski definition) is 2. The Morgan fingerprint density at radius 3 is 2.26 bits per heavy atom. The Hall–Kier alpha value is -1.96. The van der Waals surface area contributed by atoms with E-state index in [1.165, 1.54) is 16.7 Å². The van der Waals surface area contributed by atoms with Crippen molar-refractivity contribution in [2.75, 3.05) is 13.7 Å². The molecule has 0 aromatic heterocycles. The summed E-state index contributed by atoms with van der Waals surface area (Å²) in [5.74, 6) is 1.73. The SMILES string of the molecule is COc1ccc(OCCc2cccc(C)c2C)cc1. The zero-order valence-electron chi connectivity index (χ0n) is 11.8. The first kappa shape index (κ1) is 13.5. The first-order valence-corrected chi connectivity index (χ1v) is 6.52. The Morgan fingerprint density at radius 1 is 0.895 bits per heavy atom. The van der Waals surface area contributed by atoms with Gasteiger partial charge in [0.1, 0.15) is 11.5 Å². The lowest BCUT2D eigenvalue weighted by Gasteiger charge is -2.10. The number of rotatable bonds is 5. The van der Waals surface area contributed by atoms with E-state index in [0.717, 1.165) is 17.9 Å². The minimum absolute atomic E-state index is 0.691. The van der Waals surface area contributed by atoms with Crippen LogP contribution in [0.15, 0.2) is 42.5 Å². The van der Waals surface area contributed by atoms with Crippen LogP contribution in [-0.4, -0.2) is 13.7 Å². The maximum Gasteiger partial charge on any atom is 0.119 e. The Morgan fingerprint density at radius 2 is 1.58 bits per heavy atom. The van der Waals surface area contributed by atoms with Crippen LogP contribution >= 0.6 is 0 Å². The highest BCUT2D eigenvalue weighted by Crippen LogP contribution is 2.18. The lowest BCUT2D eigenvalue weighted by Crippen LogP contribution is -2.03. The van der Waals surface area contributed by atoms with Crippen LogP contribution in [0.1, 0.15) is 16.7 Å². The molecule has 19 heavy (non-hydrogen) atoms. The van der Waals surface area contributed by atoms with Gasteiger partial charge < -0.3 is 9.47 Å². The standard InChI is InChI=1S/C17H20O2/c1-13-5-4-6-15(14(13)2)11-12-19-17-9-7-16(18-3)8-10-17/h4-10H,11-12H2,1-3H3. The van der Waals surface area contributed by atoms with Crippen LogP contribution < -0.4 is 9.47 Å². The van der Waals surface area contributed by atoms with E-state index in [1.54, 1.807) is 7.11 Å². The molecular weight excluding hydrogens is 236 g/mol. The lowest BCUT2D eigenvalue weighted by molar-refractivity contribution is 0.321. The predicted molar refractivity (Wildman–Crippen MR) is 78.1 cm³/mol. The van der Waals surface area contributed by atoms with Crippen LogP contribution in [0.3, 0.4) is 0 Å². The normalized spacial score (nSPS) is 10.3. The van der Waals surface area contributed by atoms with Gasteiger partial charge in [-0.2, -0.15) is 0 Å². The van der Waals surface area contributed by atoms with Gasteiger partial charge in [0.15, 0.2) is 0 Å². The summed E-state index contributed by atoms with van der Waals surface area (Å²) in [6, 6.07) is 14.1. The van der Waals surface area contributed by atoms with Gasteiger partial charge in [0.05, 0.1) is 13.7 Å². The zero-order chi connectivity index (χ0) is 13.7. The van der Waals surface area contributed by atoms with Gasteiger partial charge in [0.2, 0.25) is 0 Å². The molecule has 0 radical (unpaired) electrons. The maximum atomic E-state index is 5.75. The molecule has 0 aliphatic rings. The monoisotopic (exact) mass is 256 g/mol. The fraction of sp³-hybridized carbons (Fsp3) is 0.294. The second kappa shape index (κ2) is 6.28. The first-order chi connectivity index (χ1) is 9.20. The molecule has 2 aromatic rings. The molecule has 0 aliphatic carbocycles. The van der Waals surface area contributed by atoms with Crippen molar-refractivity contribution >= 4 is 0 Å². The van der Waals surface area contributed by atoms with E-state index in [0.29, 0.717) is 6.61 Å². The summed E-state index contributed by atoms with van der Waals surface area (Å²) in [5.41, 5.74) is 4.05. The van der Waals surface area contributed by atoms with E-state index in [1.807, 2.05) is 24.3 Å². The highest BCUT2D eigenvalue weighted by Gasteiger charge is 2.01. The third-order valence-electron chi connectivity index (χ3n) is 3.42. The van der Waals surface area contributed by atoms with Gasteiger partial charge in [-0.3, -0.25) is 0 Å². The molecule has 0 fully saturated rings. The fourth-order valence-electron chi connectivity index (χ4n) is 2.03. The number of hydrogen-bond donors (Lipinski definition) is 0. The zero-order valence-corrected chi connectivity index (χ0v) is 11.8. The van der Waals surface area contributed by atoms with Crippen molar-refractivity contribution < 1.29 is 9.47 Å². The molecular formula is C17H20O2. The summed E-state index contributed by atoms with van der Waals surface area (Å²) in [5, 5.41) is 0.